The lowest BCUT2D eigenvalue weighted by Crippen LogP contribution is -2.15. The molecule has 0 aliphatic carbocycles. The number of thioether (sulfide) groups is 1. The fraction of sp³-hybridized carbons (Fsp3) is 0.500. The van der Waals surface area contributed by atoms with Crippen LogP contribution in [0.2, 0.25) is 0 Å². The van der Waals surface area contributed by atoms with E-state index in [0.717, 1.165) is 18.8 Å². The highest BCUT2D eigenvalue weighted by Gasteiger charge is 2.13. The molecule has 0 radical (unpaired) electrons. The van der Waals surface area contributed by atoms with Crippen molar-refractivity contribution in [3.05, 3.63) is 17.7 Å². The lowest BCUT2D eigenvalue weighted by Gasteiger charge is -2.07. The van der Waals surface area contributed by atoms with Gasteiger partial charge >= 0.3 is 0 Å². The van der Waals surface area contributed by atoms with Gasteiger partial charge in [0, 0.05) is 12.6 Å². The van der Waals surface area contributed by atoms with Crippen LogP contribution in [0.15, 0.2) is 15.7 Å². The highest BCUT2D eigenvalue weighted by atomic mass is 32.2. The van der Waals surface area contributed by atoms with Crippen molar-refractivity contribution in [2.75, 3.05) is 11.1 Å². The number of amides is 1. The molecule has 0 aromatic carbocycles. The molecule has 0 atom stereocenters. The van der Waals surface area contributed by atoms with Gasteiger partial charge < -0.3 is 20.1 Å². The maximum Gasteiger partial charge on any atom is 0.236 e. The zero-order valence-corrected chi connectivity index (χ0v) is 12.8. The number of rotatable bonds is 7. The Morgan fingerprint density at radius 3 is 2.95 bits per heavy atom. The molecule has 0 bridgehead atoms. The van der Waals surface area contributed by atoms with Gasteiger partial charge in [0.25, 0.3) is 0 Å². The molecule has 0 aliphatic rings. The Bertz CT molecular complexity index is 609. The topological polar surface area (TPSA) is 112 Å². The van der Waals surface area contributed by atoms with Gasteiger partial charge in [0.15, 0.2) is 11.0 Å². The second-order valence-electron chi connectivity index (χ2n) is 4.41. The first-order valence-corrected chi connectivity index (χ1v) is 7.60. The number of carbonyl (C=O) groups excluding carboxylic acids is 1. The molecule has 0 unspecified atom stereocenters. The molecule has 114 valence electrons. The molecule has 2 aromatic rings. The van der Waals surface area contributed by atoms with E-state index in [9.17, 15) is 4.79 Å². The molecular formula is C12H18N6O2S. The Balaban J connectivity index is 1.93. The van der Waals surface area contributed by atoms with Crippen LogP contribution < -0.4 is 11.1 Å². The molecule has 2 aromatic heterocycles. The number of nitrogens with two attached hydrogens (primary N) is 1. The summed E-state index contributed by atoms with van der Waals surface area (Å²) < 4.78 is 6.83. The highest BCUT2D eigenvalue weighted by Crippen LogP contribution is 2.18. The van der Waals surface area contributed by atoms with E-state index in [1.165, 1.54) is 11.8 Å². The summed E-state index contributed by atoms with van der Waals surface area (Å²) in [4.78, 5) is 11.8. The second-order valence-corrected chi connectivity index (χ2v) is 5.36. The molecule has 0 fully saturated rings. The maximum absolute atomic E-state index is 11.8. The van der Waals surface area contributed by atoms with Crippen LogP contribution in [-0.4, -0.2) is 31.6 Å². The summed E-state index contributed by atoms with van der Waals surface area (Å²) in [6.45, 7) is 4.94. The lowest BCUT2D eigenvalue weighted by atomic mass is 10.4. The average molecular weight is 310 g/mol. The third-order valence-electron chi connectivity index (χ3n) is 2.65. The average Bonchev–Trinajstić information content (AvgIpc) is 3.03. The number of aromatic nitrogens is 4. The van der Waals surface area contributed by atoms with E-state index in [0.29, 0.717) is 23.3 Å². The van der Waals surface area contributed by atoms with Crippen LogP contribution in [0, 0.1) is 6.92 Å². The summed E-state index contributed by atoms with van der Waals surface area (Å²) in [6.07, 6.45) is 0.947. The van der Waals surface area contributed by atoms with E-state index in [-0.39, 0.29) is 11.7 Å². The number of anilines is 1. The molecule has 2 heterocycles. The monoisotopic (exact) mass is 310 g/mol. The fourth-order valence-electron chi connectivity index (χ4n) is 1.76. The van der Waals surface area contributed by atoms with Crippen LogP contribution in [0.3, 0.4) is 0 Å². The number of nitrogens with one attached hydrogen (secondary N) is 1. The minimum atomic E-state index is -0.173. The van der Waals surface area contributed by atoms with Gasteiger partial charge in [-0.1, -0.05) is 23.8 Å². The number of hydrogen-bond donors (Lipinski definition) is 2. The van der Waals surface area contributed by atoms with Gasteiger partial charge in [0.2, 0.25) is 5.91 Å². The van der Waals surface area contributed by atoms with E-state index in [4.69, 9.17) is 10.3 Å². The third-order valence-corrected chi connectivity index (χ3v) is 3.62. The largest absolute Gasteiger partial charge is 0.360 e. The molecule has 0 aliphatic heterocycles. The van der Waals surface area contributed by atoms with E-state index in [1.807, 2.05) is 4.57 Å². The quantitative estimate of drug-likeness (QED) is 0.738. The number of hydrogen-bond acceptors (Lipinski definition) is 7. The summed E-state index contributed by atoms with van der Waals surface area (Å²) in [5, 5.41) is 15.2. The van der Waals surface area contributed by atoms with Gasteiger partial charge in [-0.05, 0) is 13.3 Å². The van der Waals surface area contributed by atoms with Crippen molar-refractivity contribution < 1.29 is 9.32 Å². The molecule has 3 N–H and O–H groups in total. The zero-order chi connectivity index (χ0) is 15.2. The van der Waals surface area contributed by atoms with Crippen LogP contribution >= 0.6 is 11.8 Å². The van der Waals surface area contributed by atoms with E-state index in [2.05, 4.69) is 27.6 Å². The molecule has 8 nitrogen and oxygen atoms in total. The number of nitrogens with zero attached hydrogens (tertiary/aromatic N) is 4. The van der Waals surface area contributed by atoms with Gasteiger partial charge in [-0.25, -0.2) is 0 Å². The zero-order valence-electron chi connectivity index (χ0n) is 12.0. The highest BCUT2D eigenvalue weighted by molar-refractivity contribution is 7.99. The minimum Gasteiger partial charge on any atom is -0.360 e. The Labute approximate surface area is 126 Å². The maximum atomic E-state index is 11.8. The Kier molecular flexibility index (Phi) is 5.34. The SMILES string of the molecule is CCCn1c(CN)nnc1SCC(=O)Nc1cc(C)on1. The minimum absolute atomic E-state index is 0.173. The van der Waals surface area contributed by atoms with Crippen molar-refractivity contribution >= 4 is 23.5 Å². The van der Waals surface area contributed by atoms with Crippen LogP contribution in [0.1, 0.15) is 24.9 Å². The Hall–Kier alpha value is -1.87. The smallest absolute Gasteiger partial charge is 0.236 e. The molecule has 0 spiro atoms. The van der Waals surface area contributed by atoms with Gasteiger partial charge in [-0.15, -0.1) is 10.2 Å². The first kappa shape index (κ1) is 15.5. The summed E-state index contributed by atoms with van der Waals surface area (Å²) in [6, 6.07) is 1.66. The fourth-order valence-corrected chi connectivity index (χ4v) is 2.54. The van der Waals surface area contributed by atoms with Crippen LogP contribution in [0.5, 0.6) is 0 Å². The van der Waals surface area contributed by atoms with Crippen molar-refractivity contribution in [1.82, 2.24) is 19.9 Å². The molecule has 0 saturated carbocycles. The molecule has 1 amide bonds. The van der Waals surface area contributed by atoms with Crippen molar-refractivity contribution in [3.63, 3.8) is 0 Å². The summed E-state index contributed by atoms with van der Waals surface area (Å²) >= 11 is 1.32. The first-order valence-electron chi connectivity index (χ1n) is 6.62. The summed E-state index contributed by atoms with van der Waals surface area (Å²) in [5.74, 6) is 1.84. The van der Waals surface area contributed by atoms with Crippen LogP contribution in [0.4, 0.5) is 5.82 Å². The molecule has 21 heavy (non-hydrogen) atoms. The Morgan fingerprint density at radius 1 is 1.52 bits per heavy atom. The van der Waals surface area contributed by atoms with E-state index < -0.39 is 0 Å². The predicted molar refractivity (Wildman–Crippen MR) is 78.8 cm³/mol. The van der Waals surface area contributed by atoms with Gasteiger partial charge in [-0.3, -0.25) is 4.79 Å². The van der Waals surface area contributed by atoms with Crippen molar-refractivity contribution in [1.29, 1.82) is 0 Å². The van der Waals surface area contributed by atoms with Gasteiger partial charge in [-0.2, -0.15) is 0 Å². The molecule has 9 heteroatoms. The summed E-state index contributed by atoms with van der Waals surface area (Å²) in [5.41, 5.74) is 5.62. The lowest BCUT2D eigenvalue weighted by molar-refractivity contribution is -0.113. The van der Waals surface area contributed by atoms with Gasteiger partial charge in [0.05, 0.1) is 12.3 Å². The van der Waals surface area contributed by atoms with Crippen LogP contribution in [-0.2, 0) is 17.9 Å². The first-order chi connectivity index (χ1) is 10.1. The number of carbonyl (C=O) groups is 1. The van der Waals surface area contributed by atoms with Crippen molar-refractivity contribution in [2.45, 2.75) is 38.5 Å². The number of aryl methyl sites for hydroxylation is 1. The third kappa shape index (κ3) is 4.05. The van der Waals surface area contributed by atoms with E-state index in [1.54, 1.807) is 13.0 Å². The Morgan fingerprint density at radius 2 is 2.33 bits per heavy atom. The van der Waals surface area contributed by atoms with E-state index >= 15 is 0 Å². The second kappa shape index (κ2) is 7.23. The normalized spacial score (nSPS) is 10.8. The van der Waals surface area contributed by atoms with Crippen molar-refractivity contribution in [3.8, 4) is 0 Å². The molecule has 2 rings (SSSR count). The summed E-state index contributed by atoms with van der Waals surface area (Å²) in [7, 11) is 0. The standard InChI is InChI=1S/C12H18N6O2S/c1-3-4-18-10(6-13)15-16-12(18)21-7-11(19)14-9-5-8(2)20-17-9/h5H,3-4,6-7,13H2,1-2H3,(H,14,17,19). The predicted octanol–water partition coefficient (Wildman–Crippen LogP) is 1.17. The molecule has 0 saturated heterocycles. The van der Waals surface area contributed by atoms with Crippen molar-refractivity contribution in [2.24, 2.45) is 5.73 Å². The van der Waals surface area contributed by atoms with Gasteiger partial charge in [0.1, 0.15) is 11.6 Å². The van der Waals surface area contributed by atoms with Crippen LogP contribution in [0.25, 0.3) is 0 Å². The molecular weight excluding hydrogens is 292 g/mol.